The first-order valence-corrected chi connectivity index (χ1v) is 12.7. The van der Waals surface area contributed by atoms with Crippen molar-refractivity contribution in [3.05, 3.63) is 40.4 Å². The standard InChI is InChI=1S/C27H37ClN4O2/c1-7-18(8-2)21-11-12-23(33-6)24-25(21)31(5)27(29-24)34-26-19(17-32-13-9-10-14-32)15-20(30(3)4)16-22(26)28/h11-12,15-16,18H,7-10,13-14,17H2,1-6H3. The van der Waals surface area contributed by atoms with E-state index in [4.69, 9.17) is 26.1 Å². The van der Waals surface area contributed by atoms with E-state index in [1.54, 1.807) is 7.11 Å². The molecule has 1 aromatic heterocycles. The Labute approximate surface area is 208 Å². The van der Waals surface area contributed by atoms with Crippen LogP contribution in [0.2, 0.25) is 5.02 Å². The van der Waals surface area contributed by atoms with Crippen molar-refractivity contribution in [2.45, 2.75) is 52.0 Å². The van der Waals surface area contributed by atoms with Crippen molar-refractivity contribution in [3.63, 3.8) is 0 Å². The van der Waals surface area contributed by atoms with Crippen LogP contribution in [-0.4, -0.2) is 48.7 Å². The fraction of sp³-hybridized carbons (Fsp3) is 0.519. The zero-order valence-electron chi connectivity index (χ0n) is 21.3. The number of fused-ring (bicyclic) bond motifs is 1. The van der Waals surface area contributed by atoms with Crippen molar-refractivity contribution in [1.82, 2.24) is 14.5 Å². The van der Waals surface area contributed by atoms with Crippen LogP contribution in [0.25, 0.3) is 11.0 Å². The van der Waals surface area contributed by atoms with Gasteiger partial charge in [0, 0.05) is 38.9 Å². The van der Waals surface area contributed by atoms with E-state index < -0.39 is 0 Å². The van der Waals surface area contributed by atoms with Gasteiger partial charge in [0.05, 0.1) is 17.6 Å². The Morgan fingerprint density at radius 3 is 2.44 bits per heavy atom. The lowest BCUT2D eigenvalue weighted by molar-refractivity contribution is 0.323. The Kier molecular flexibility index (Phi) is 7.58. The molecule has 184 valence electrons. The van der Waals surface area contributed by atoms with Crippen LogP contribution < -0.4 is 14.4 Å². The minimum atomic E-state index is 0.449. The van der Waals surface area contributed by atoms with Crippen molar-refractivity contribution in [3.8, 4) is 17.5 Å². The molecule has 1 fully saturated rings. The topological polar surface area (TPSA) is 42.8 Å². The van der Waals surface area contributed by atoms with Gasteiger partial charge >= 0.3 is 6.01 Å². The SMILES string of the molecule is CCC(CC)c1ccc(OC)c2nc(Oc3c(Cl)cc(N(C)C)cc3CN3CCCC3)n(C)c12. The third-order valence-electron chi connectivity index (χ3n) is 7.03. The van der Waals surface area contributed by atoms with Crippen LogP contribution in [-0.2, 0) is 13.6 Å². The molecule has 1 aliphatic heterocycles. The third-order valence-corrected chi connectivity index (χ3v) is 7.31. The Bertz CT molecular complexity index is 1150. The summed E-state index contributed by atoms with van der Waals surface area (Å²) in [5.41, 5.74) is 5.31. The molecule has 3 aromatic rings. The number of aromatic nitrogens is 2. The van der Waals surface area contributed by atoms with Crippen LogP contribution in [0.1, 0.15) is 56.6 Å². The van der Waals surface area contributed by atoms with Crippen molar-refractivity contribution < 1.29 is 9.47 Å². The highest BCUT2D eigenvalue weighted by Crippen LogP contribution is 2.41. The van der Waals surface area contributed by atoms with Crippen LogP contribution in [0, 0.1) is 0 Å². The number of ether oxygens (including phenoxy) is 2. The highest BCUT2D eigenvalue weighted by Gasteiger charge is 2.23. The molecule has 6 nitrogen and oxygen atoms in total. The largest absolute Gasteiger partial charge is 0.494 e. The summed E-state index contributed by atoms with van der Waals surface area (Å²) >= 11 is 6.82. The average molecular weight is 485 g/mol. The Morgan fingerprint density at radius 2 is 1.82 bits per heavy atom. The number of anilines is 1. The van der Waals surface area contributed by atoms with Gasteiger partial charge in [-0.1, -0.05) is 31.5 Å². The molecule has 7 heteroatoms. The first kappa shape index (κ1) is 24.7. The minimum Gasteiger partial charge on any atom is -0.494 e. The first-order valence-electron chi connectivity index (χ1n) is 12.3. The lowest BCUT2D eigenvalue weighted by Crippen LogP contribution is -2.19. The summed E-state index contributed by atoms with van der Waals surface area (Å²) in [6.07, 6.45) is 4.61. The summed E-state index contributed by atoms with van der Waals surface area (Å²) in [5.74, 6) is 1.88. The summed E-state index contributed by atoms with van der Waals surface area (Å²) in [4.78, 5) is 9.43. The highest BCUT2D eigenvalue weighted by atomic mass is 35.5. The summed E-state index contributed by atoms with van der Waals surface area (Å²) in [5, 5.41) is 0.597. The minimum absolute atomic E-state index is 0.449. The lowest BCUT2D eigenvalue weighted by Gasteiger charge is -2.21. The molecule has 1 aliphatic rings. The zero-order chi connectivity index (χ0) is 24.4. The maximum atomic E-state index is 6.82. The monoisotopic (exact) mass is 484 g/mol. The summed E-state index contributed by atoms with van der Waals surface area (Å²) in [6.45, 7) is 7.48. The van der Waals surface area contributed by atoms with Crippen LogP contribution in [0.5, 0.6) is 17.5 Å². The lowest BCUT2D eigenvalue weighted by atomic mass is 9.92. The van der Waals surface area contributed by atoms with Gasteiger partial charge in [-0.25, -0.2) is 0 Å². The fourth-order valence-electron chi connectivity index (χ4n) is 5.01. The van der Waals surface area contributed by atoms with Crippen LogP contribution in [0.15, 0.2) is 24.3 Å². The van der Waals surface area contributed by atoms with Crippen LogP contribution in [0.4, 0.5) is 5.69 Å². The van der Waals surface area contributed by atoms with E-state index in [-0.39, 0.29) is 0 Å². The van der Waals surface area contributed by atoms with Crippen molar-refractivity contribution in [1.29, 1.82) is 0 Å². The molecular formula is C27H37ClN4O2. The van der Waals surface area contributed by atoms with Gasteiger partial charge < -0.3 is 14.4 Å². The molecule has 2 aromatic carbocycles. The smallest absolute Gasteiger partial charge is 0.302 e. The molecule has 0 atom stereocenters. The van der Waals surface area contributed by atoms with Gasteiger partial charge in [0.2, 0.25) is 0 Å². The molecule has 0 aliphatic carbocycles. The molecule has 0 saturated carbocycles. The maximum Gasteiger partial charge on any atom is 0.302 e. The molecule has 0 N–H and O–H groups in total. The third kappa shape index (κ3) is 4.71. The van der Waals surface area contributed by atoms with Crippen molar-refractivity contribution in [2.24, 2.45) is 7.05 Å². The van der Waals surface area contributed by atoms with E-state index in [0.717, 1.165) is 60.5 Å². The van der Waals surface area contributed by atoms with E-state index in [1.165, 1.54) is 18.4 Å². The summed E-state index contributed by atoms with van der Waals surface area (Å²) in [7, 11) is 7.76. The van der Waals surface area contributed by atoms with Gasteiger partial charge in [-0.05, 0) is 68.5 Å². The normalized spacial score (nSPS) is 14.4. The molecule has 0 radical (unpaired) electrons. The number of likely N-dealkylation sites (tertiary alicyclic amines) is 1. The van der Waals surface area contributed by atoms with Gasteiger partial charge in [0.15, 0.2) is 5.75 Å². The van der Waals surface area contributed by atoms with Gasteiger partial charge in [-0.15, -0.1) is 0 Å². The van der Waals surface area contributed by atoms with E-state index in [0.29, 0.717) is 22.7 Å². The van der Waals surface area contributed by atoms with Crippen LogP contribution >= 0.6 is 11.6 Å². The van der Waals surface area contributed by atoms with E-state index in [1.807, 2.05) is 37.8 Å². The molecule has 4 rings (SSSR count). The second-order valence-corrected chi connectivity index (χ2v) is 9.82. The molecular weight excluding hydrogens is 448 g/mol. The predicted molar refractivity (Wildman–Crippen MR) is 141 cm³/mol. The van der Waals surface area contributed by atoms with Gasteiger partial charge in [-0.3, -0.25) is 9.47 Å². The van der Waals surface area contributed by atoms with Gasteiger partial charge in [0.1, 0.15) is 11.3 Å². The number of nitrogens with zero attached hydrogens (tertiary/aromatic N) is 4. The molecule has 34 heavy (non-hydrogen) atoms. The second kappa shape index (κ2) is 10.4. The molecule has 0 bridgehead atoms. The Balaban J connectivity index is 1.81. The van der Waals surface area contributed by atoms with Gasteiger partial charge in [-0.2, -0.15) is 4.98 Å². The van der Waals surface area contributed by atoms with E-state index in [2.05, 4.69) is 35.8 Å². The molecule has 2 heterocycles. The molecule has 0 spiro atoms. The van der Waals surface area contributed by atoms with Crippen LogP contribution in [0.3, 0.4) is 0 Å². The average Bonchev–Trinajstić information content (AvgIpc) is 3.45. The second-order valence-electron chi connectivity index (χ2n) is 9.42. The number of halogens is 1. The number of hydrogen-bond acceptors (Lipinski definition) is 5. The van der Waals surface area contributed by atoms with E-state index in [9.17, 15) is 0 Å². The summed E-state index contributed by atoms with van der Waals surface area (Å²) in [6, 6.07) is 8.85. The number of benzene rings is 2. The maximum absolute atomic E-state index is 6.82. The van der Waals surface area contributed by atoms with Crippen molar-refractivity contribution >= 4 is 28.3 Å². The molecule has 0 unspecified atom stereocenters. The fourth-order valence-corrected chi connectivity index (χ4v) is 5.29. The highest BCUT2D eigenvalue weighted by molar-refractivity contribution is 6.32. The number of aryl methyl sites for hydroxylation is 1. The summed E-state index contributed by atoms with van der Waals surface area (Å²) < 4.78 is 14.2. The number of rotatable bonds is 9. The molecule has 1 saturated heterocycles. The van der Waals surface area contributed by atoms with Gasteiger partial charge in [0.25, 0.3) is 0 Å². The first-order chi connectivity index (χ1) is 16.4. The number of methoxy groups -OCH3 is 1. The quantitative estimate of drug-likeness (QED) is 0.342. The zero-order valence-corrected chi connectivity index (χ0v) is 22.1. The number of hydrogen-bond donors (Lipinski definition) is 0. The van der Waals surface area contributed by atoms with E-state index >= 15 is 0 Å². The Morgan fingerprint density at radius 1 is 1.12 bits per heavy atom. The number of imidazole rings is 1. The van der Waals surface area contributed by atoms with Crippen molar-refractivity contribution in [2.75, 3.05) is 39.2 Å². The predicted octanol–water partition coefficient (Wildman–Crippen LogP) is 6.59. The Hall–Kier alpha value is -2.44. The molecule has 0 amide bonds.